The lowest BCUT2D eigenvalue weighted by atomic mass is 10.1. The highest BCUT2D eigenvalue weighted by Gasteiger charge is 2.13. The van der Waals surface area contributed by atoms with Crippen LogP contribution in [0.5, 0.6) is 0 Å². The van der Waals surface area contributed by atoms with Crippen LogP contribution in [0.1, 0.15) is 206 Å². The molecule has 296 valence electrons. The number of rotatable bonds is 40. The lowest BCUT2D eigenvalue weighted by Crippen LogP contribution is -2.27. The number of esters is 1. The van der Waals surface area contributed by atoms with Crippen LogP contribution in [0.2, 0.25) is 0 Å². The third-order valence-corrected chi connectivity index (χ3v) is 9.32. The number of aliphatic hydroxyl groups excluding tert-OH is 1. The van der Waals surface area contributed by atoms with E-state index in [9.17, 15) is 9.90 Å². The summed E-state index contributed by atoms with van der Waals surface area (Å²) in [7, 11) is 0. The van der Waals surface area contributed by atoms with Crippen LogP contribution in [0.25, 0.3) is 0 Å². The molecule has 0 fully saturated rings. The number of ether oxygens (including phenoxy) is 2. The normalized spacial score (nSPS) is 12.9. The van der Waals surface area contributed by atoms with Crippen molar-refractivity contribution in [1.82, 2.24) is 0 Å². The van der Waals surface area contributed by atoms with Crippen LogP contribution in [-0.4, -0.2) is 37.0 Å². The molecule has 0 aromatic rings. The SMILES string of the molecule is CCCCC/C=C\C/C=C\C/C=C\CCCCCCCCC(=O)OC(CO)COCCCCCCCCCCCC/C=C\C/C=C\CCCCC. The molecule has 1 atom stereocenters. The number of unbranched alkanes of at least 4 members (excludes halogenated alkanes) is 22. The van der Waals surface area contributed by atoms with Crippen LogP contribution < -0.4 is 0 Å². The van der Waals surface area contributed by atoms with Crippen molar-refractivity contribution >= 4 is 5.97 Å². The Morgan fingerprint density at radius 2 is 0.824 bits per heavy atom. The van der Waals surface area contributed by atoms with Gasteiger partial charge in [-0.2, -0.15) is 0 Å². The molecule has 0 aliphatic carbocycles. The van der Waals surface area contributed by atoms with Gasteiger partial charge in [0, 0.05) is 13.0 Å². The second-order valence-electron chi connectivity index (χ2n) is 14.4. The summed E-state index contributed by atoms with van der Waals surface area (Å²) in [5, 5.41) is 9.61. The third-order valence-electron chi connectivity index (χ3n) is 9.32. The summed E-state index contributed by atoms with van der Waals surface area (Å²) in [4.78, 5) is 12.2. The van der Waals surface area contributed by atoms with Crippen molar-refractivity contribution in [1.29, 1.82) is 0 Å². The highest BCUT2D eigenvalue weighted by Crippen LogP contribution is 2.13. The van der Waals surface area contributed by atoms with Gasteiger partial charge < -0.3 is 14.6 Å². The summed E-state index contributed by atoms with van der Waals surface area (Å²) >= 11 is 0. The fourth-order valence-electron chi connectivity index (χ4n) is 6.01. The van der Waals surface area contributed by atoms with Crippen molar-refractivity contribution in [2.75, 3.05) is 19.8 Å². The molecule has 0 saturated heterocycles. The van der Waals surface area contributed by atoms with Crippen LogP contribution in [0, 0.1) is 0 Å². The molecule has 0 amide bonds. The van der Waals surface area contributed by atoms with Crippen molar-refractivity contribution in [2.24, 2.45) is 0 Å². The predicted octanol–water partition coefficient (Wildman–Crippen LogP) is 14.4. The van der Waals surface area contributed by atoms with E-state index in [1.807, 2.05) is 0 Å². The van der Waals surface area contributed by atoms with E-state index in [1.165, 1.54) is 135 Å². The van der Waals surface area contributed by atoms with E-state index >= 15 is 0 Å². The lowest BCUT2D eigenvalue weighted by Gasteiger charge is -2.15. The van der Waals surface area contributed by atoms with E-state index in [0.717, 1.165) is 51.4 Å². The Balaban J connectivity index is 3.47. The Labute approximate surface area is 317 Å². The maximum atomic E-state index is 12.2. The lowest BCUT2D eigenvalue weighted by molar-refractivity contribution is -0.154. The van der Waals surface area contributed by atoms with E-state index in [-0.39, 0.29) is 19.2 Å². The standard InChI is InChI=1S/C47H84O4/c1-3-5-7-9-11-13-15-17-19-21-23-25-27-29-31-33-35-37-39-41-43-50-45-46(44-48)51-47(49)42-40-38-36-34-32-30-28-26-24-22-20-18-16-14-12-10-8-6-4-2/h11-14,17-20,24,26,46,48H,3-10,15-16,21-23,25,27-45H2,1-2H3/b13-11-,14-12-,19-17-,20-18-,26-24-. The molecule has 4 nitrogen and oxygen atoms in total. The average molecular weight is 713 g/mol. The van der Waals surface area contributed by atoms with Gasteiger partial charge in [0.15, 0.2) is 0 Å². The Hall–Kier alpha value is -1.91. The van der Waals surface area contributed by atoms with Crippen LogP contribution in [0.3, 0.4) is 0 Å². The van der Waals surface area contributed by atoms with Crippen molar-refractivity contribution in [3.8, 4) is 0 Å². The summed E-state index contributed by atoms with van der Waals surface area (Å²) in [6.45, 7) is 5.28. The zero-order valence-electron chi connectivity index (χ0n) is 33.9. The smallest absolute Gasteiger partial charge is 0.306 e. The minimum absolute atomic E-state index is 0.180. The topological polar surface area (TPSA) is 55.8 Å². The monoisotopic (exact) mass is 713 g/mol. The first-order valence-electron chi connectivity index (χ1n) is 21.9. The number of allylic oxidation sites excluding steroid dienone is 10. The second kappa shape index (κ2) is 44.3. The van der Waals surface area contributed by atoms with Crippen LogP contribution in [0.15, 0.2) is 60.8 Å². The average Bonchev–Trinajstić information content (AvgIpc) is 3.14. The molecular formula is C47H84O4. The van der Waals surface area contributed by atoms with Gasteiger partial charge in [-0.25, -0.2) is 0 Å². The van der Waals surface area contributed by atoms with Crippen LogP contribution >= 0.6 is 0 Å². The first kappa shape index (κ1) is 49.1. The quantitative estimate of drug-likeness (QED) is 0.0390. The molecule has 0 saturated carbocycles. The molecule has 0 aromatic heterocycles. The van der Waals surface area contributed by atoms with Crippen molar-refractivity contribution in [3.63, 3.8) is 0 Å². The Bertz CT molecular complexity index is 839. The van der Waals surface area contributed by atoms with Gasteiger partial charge in [0.25, 0.3) is 0 Å². The zero-order valence-corrected chi connectivity index (χ0v) is 33.9. The first-order valence-corrected chi connectivity index (χ1v) is 21.9. The molecule has 0 aliphatic heterocycles. The fourth-order valence-corrected chi connectivity index (χ4v) is 6.01. The summed E-state index contributed by atoms with van der Waals surface area (Å²) in [6.07, 6.45) is 58.5. The molecular weight excluding hydrogens is 629 g/mol. The summed E-state index contributed by atoms with van der Waals surface area (Å²) in [6, 6.07) is 0. The first-order chi connectivity index (χ1) is 25.2. The van der Waals surface area contributed by atoms with Gasteiger partial charge >= 0.3 is 5.97 Å². The molecule has 1 unspecified atom stereocenters. The molecule has 0 bridgehead atoms. The maximum Gasteiger partial charge on any atom is 0.306 e. The number of hydrogen-bond acceptors (Lipinski definition) is 4. The van der Waals surface area contributed by atoms with Gasteiger partial charge in [-0.1, -0.05) is 177 Å². The van der Waals surface area contributed by atoms with E-state index in [0.29, 0.717) is 13.0 Å². The molecule has 0 spiro atoms. The molecule has 51 heavy (non-hydrogen) atoms. The molecule has 0 radical (unpaired) electrons. The third kappa shape index (κ3) is 42.4. The summed E-state index contributed by atoms with van der Waals surface area (Å²) < 4.78 is 11.2. The number of carbonyl (C=O) groups excluding carboxylic acids is 1. The highest BCUT2D eigenvalue weighted by molar-refractivity contribution is 5.69. The number of aliphatic hydroxyl groups is 1. The van der Waals surface area contributed by atoms with Crippen molar-refractivity contribution in [3.05, 3.63) is 60.8 Å². The zero-order chi connectivity index (χ0) is 37.0. The number of hydrogen-bond donors (Lipinski definition) is 1. The molecule has 0 aromatic carbocycles. The van der Waals surface area contributed by atoms with Gasteiger partial charge in [-0.15, -0.1) is 0 Å². The van der Waals surface area contributed by atoms with Gasteiger partial charge in [0.05, 0.1) is 13.2 Å². The van der Waals surface area contributed by atoms with Gasteiger partial charge in [0.1, 0.15) is 6.10 Å². The summed E-state index contributed by atoms with van der Waals surface area (Å²) in [5.74, 6) is -0.215. The number of carbonyl (C=O) groups is 1. The highest BCUT2D eigenvalue weighted by atomic mass is 16.6. The van der Waals surface area contributed by atoms with E-state index in [4.69, 9.17) is 9.47 Å². The molecule has 0 aliphatic rings. The Kier molecular flexibility index (Phi) is 42.6. The van der Waals surface area contributed by atoms with E-state index in [2.05, 4.69) is 74.6 Å². The minimum atomic E-state index is -0.545. The minimum Gasteiger partial charge on any atom is -0.457 e. The maximum absolute atomic E-state index is 12.2. The predicted molar refractivity (Wildman–Crippen MR) is 223 cm³/mol. The second-order valence-corrected chi connectivity index (χ2v) is 14.4. The van der Waals surface area contributed by atoms with E-state index in [1.54, 1.807) is 0 Å². The van der Waals surface area contributed by atoms with Crippen molar-refractivity contribution < 1.29 is 19.4 Å². The largest absolute Gasteiger partial charge is 0.457 e. The summed E-state index contributed by atoms with van der Waals surface area (Å²) in [5.41, 5.74) is 0. The molecule has 1 N–H and O–H groups in total. The van der Waals surface area contributed by atoms with Gasteiger partial charge in [-0.3, -0.25) is 4.79 Å². The van der Waals surface area contributed by atoms with Gasteiger partial charge in [0.2, 0.25) is 0 Å². The fraction of sp³-hybridized carbons (Fsp3) is 0.766. The van der Waals surface area contributed by atoms with E-state index < -0.39 is 6.10 Å². The Morgan fingerprint density at radius 1 is 0.471 bits per heavy atom. The van der Waals surface area contributed by atoms with Crippen LogP contribution in [0.4, 0.5) is 0 Å². The Morgan fingerprint density at radius 3 is 1.24 bits per heavy atom. The molecule has 4 heteroatoms. The molecule has 0 heterocycles. The molecule has 0 rings (SSSR count). The van der Waals surface area contributed by atoms with Crippen molar-refractivity contribution in [2.45, 2.75) is 213 Å². The van der Waals surface area contributed by atoms with Gasteiger partial charge in [-0.05, 0) is 83.5 Å². The van der Waals surface area contributed by atoms with Crippen LogP contribution in [-0.2, 0) is 14.3 Å².